The van der Waals surface area contributed by atoms with Crippen LogP contribution < -0.4 is 10.1 Å². The highest BCUT2D eigenvalue weighted by Crippen LogP contribution is 2.20. The van der Waals surface area contributed by atoms with E-state index in [4.69, 9.17) is 4.74 Å². The normalized spacial score (nSPS) is 11.6. The van der Waals surface area contributed by atoms with Crippen LogP contribution in [0.4, 0.5) is 5.69 Å². The van der Waals surface area contributed by atoms with Gasteiger partial charge in [-0.25, -0.2) is 0 Å². The maximum Gasteiger partial charge on any atom is 0.265 e. The molecular weight excluding hydrogens is 364 g/mol. The number of rotatable bonds is 10. The van der Waals surface area contributed by atoms with Crippen LogP contribution in [0.3, 0.4) is 0 Å². The first kappa shape index (κ1) is 22.5. The Balaban J connectivity index is 2.03. The minimum atomic E-state index is -0.581. The molecule has 0 saturated heterocycles. The molecule has 0 bridgehead atoms. The molecule has 0 aliphatic rings. The van der Waals surface area contributed by atoms with E-state index in [0.29, 0.717) is 23.4 Å². The van der Waals surface area contributed by atoms with Crippen LogP contribution in [0.2, 0.25) is 0 Å². The van der Waals surface area contributed by atoms with Crippen molar-refractivity contribution in [1.29, 1.82) is 0 Å². The molecule has 0 aliphatic carbocycles. The molecule has 2 aromatic rings. The van der Waals surface area contributed by atoms with Gasteiger partial charge >= 0.3 is 0 Å². The number of carbonyl (C=O) groups excluding carboxylic acids is 2. The van der Waals surface area contributed by atoms with Crippen LogP contribution >= 0.6 is 0 Å². The lowest BCUT2D eigenvalue weighted by atomic mass is 10.1. The Morgan fingerprint density at radius 1 is 0.966 bits per heavy atom. The Kier molecular flexibility index (Phi) is 8.71. The molecule has 5 heteroatoms. The van der Waals surface area contributed by atoms with Crippen molar-refractivity contribution >= 4 is 17.5 Å². The smallest absolute Gasteiger partial charge is 0.265 e. The SMILES string of the molecule is CCCN(CCC)C(=O)c1ccc(NC(=O)C(CC)Oc2ccccc2C)cc1. The average molecular weight is 397 g/mol. The predicted octanol–water partition coefficient (Wildman–Crippen LogP) is 5.05. The molecular formula is C24H32N2O3. The van der Waals surface area contributed by atoms with E-state index >= 15 is 0 Å². The van der Waals surface area contributed by atoms with Crippen molar-refractivity contribution in [2.45, 2.75) is 53.1 Å². The molecule has 0 heterocycles. The minimum absolute atomic E-state index is 0.0286. The van der Waals surface area contributed by atoms with Gasteiger partial charge in [-0.1, -0.05) is 39.0 Å². The van der Waals surface area contributed by atoms with Crippen LogP contribution in [0, 0.1) is 6.92 Å². The van der Waals surface area contributed by atoms with Gasteiger partial charge < -0.3 is 15.0 Å². The van der Waals surface area contributed by atoms with E-state index in [1.54, 1.807) is 24.3 Å². The van der Waals surface area contributed by atoms with Gasteiger partial charge in [-0.3, -0.25) is 9.59 Å². The van der Waals surface area contributed by atoms with E-state index in [1.807, 2.05) is 43.0 Å². The number of ether oxygens (including phenoxy) is 1. The first-order valence-corrected chi connectivity index (χ1v) is 10.4. The molecule has 29 heavy (non-hydrogen) atoms. The summed E-state index contributed by atoms with van der Waals surface area (Å²) in [6.45, 7) is 9.50. The zero-order valence-electron chi connectivity index (χ0n) is 17.9. The van der Waals surface area contributed by atoms with Crippen molar-refractivity contribution < 1.29 is 14.3 Å². The average Bonchev–Trinajstić information content (AvgIpc) is 2.73. The summed E-state index contributed by atoms with van der Waals surface area (Å²) in [7, 11) is 0. The van der Waals surface area contributed by atoms with Gasteiger partial charge in [0.1, 0.15) is 5.75 Å². The maximum absolute atomic E-state index is 12.7. The molecule has 0 spiro atoms. The number of nitrogens with zero attached hydrogens (tertiary/aromatic N) is 1. The van der Waals surface area contributed by atoms with Gasteiger partial charge in [-0.05, 0) is 62.1 Å². The number of hydrogen-bond donors (Lipinski definition) is 1. The number of carbonyl (C=O) groups is 2. The standard InChI is InChI=1S/C24H32N2O3/c1-5-16-26(17-6-2)24(28)19-12-14-20(15-13-19)25-23(27)21(7-3)29-22-11-9-8-10-18(22)4/h8-15,21H,5-7,16-17H2,1-4H3,(H,25,27). The monoisotopic (exact) mass is 396 g/mol. The Morgan fingerprint density at radius 2 is 1.59 bits per heavy atom. The molecule has 0 fully saturated rings. The summed E-state index contributed by atoms with van der Waals surface area (Å²) in [6, 6.07) is 14.7. The highest BCUT2D eigenvalue weighted by molar-refractivity contribution is 5.97. The quantitative estimate of drug-likeness (QED) is 0.611. The third kappa shape index (κ3) is 6.34. The summed E-state index contributed by atoms with van der Waals surface area (Å²) in [6.07, 6.45) is 1.83. The molecule has 1 N–H and O–H groups in total. The predicted molar refractivity (Wildman–Crippen MR) is 117 cm³/mol. The number of benzene rings is 2. The lowest BCUT2D eigenvalue weighted by Crippen LogP contribution is -2.33. The zero-order valence-corrected chi connectivity index (χ0v) is 17.9. The fourth-order valence-electron chi connectivity index (χ4n) is 3.12. The van der Waals surface area contributed by atoms with Crippen molar-refractivity contribution in [2.75, 3.05) is 18.4 Å². The maximum atomic E-state index is 12.7. The Bertz CT molecular complexity index is 796. The van der Waals surface area contributed by atoms with E-state index in [-0.39, 0.29) is 11.8 Å². The van der Waals surface area contributed by atoms with Crippen molar-refractivity contribution in [2.24, 2.45) is 0 Å². The molecule has 0 aromatic heterocycles. The van der Waals surface area contributed by atoms with Gasteiger partial charge in [0.15, 0.2) is 6.10 Å². The number of para-hydroxylation sites is 1. The second-order valence-electron chi connectivity index (χ2n) is 7.14. The number of nitrogens with one attached hydrogen (secondary N) is 1. The summed E-state index contributed by atoms with van der Waals surface area (Å²) < 4.78 is 5.90. The van der Waals surface area contributed by atoms with Crippen LogP contribution in [0.1, 0.15) is 56.0 Å². The summed E-state index contributed by atoms with van der Waals surface area (Å²) in [4.78, 5) is 27.2. The van der Waals surface area contributed by atoms with Crippen molar-refractivity contribution in [1.82, 2.24) is 4.90 Å². The van der Waals surface area contributed by atoms with Gasteiger partial charge in [-0.15, -0.1) is 0 Å². The Hall–Kier alpha value is -2.82. The second-order valence-corrected chi connectivity index (χ2v) is 7.14. The van der Waals surface area contributed by atoms with E-state index < -0.39 is 6.10 Å². The molecule has 0 saturated carbocycles. The fraction of sp³-hybridized carbons (Fsp3) is 0.417. The van der Waals surface area contributed by atoms with E-state index in [0.717, 1.165) is 31.5 Å². The molecule has 2 aromatic carbocycles. The van der Waals surface area contributed by atoms with Crippen LogP contribution in [0.5, 0.6) is 5.75 Å². The van der Waals surface area contributed by atoms with Crippen LogP contribution in [0.25, 0.3) is 0 Å². The molecule has 0 aliphatic heterocycles. The minimum Gasteiger partial charge on any atom is -0.480 e. The fourth-order valence-corrected chi connectivity index (χ4v) is 3.12. The summed E-state index contributed by atoms with van der Waals surface area (Å²) in [5, 5.41) is 2.89. The molecule has 2 amide bonds. The van der Waals surface area contributed by atoms with Crippen LogP contribution in [-0.2, 0) is 4.79 Å². The summed E-state index contributed by atoms with van der Waals surface area (Å²) in [5.74, 6) is 0.539. The number of aryl methyl sites for hydroxylation is 1. The zero-order chi connectivity index (χ0) is 21.2. The summed E-state index contributed by atoms with van der Waals surface area (Å²) in [5.41, 5.74) is 2.27. The lowest BCUT2D eigenvalue weighted by Gasteiger charge is -2.22. The largest absolute Gasteiger partial charge is 0.480 e. The Morgan fingerprint density at radius 3 is 2.14 bits per heavy atom. The Labute approximate surface area is 174 Å². The highest BCUT2D eigenvalue weighted by atomic mass is 16.5. The first-order chi connectivity index (χ1) is 14.0. The second kappa shape index (κ2) is 11.2. The topological polar surface area (TPSA) is 58.6 Å². The van der Waals surface area contributed by atoms with Gasteiger partial charge in [0, 0.05) is 24.3 Å². The van der Waals surface area contributed by atoms with Crippen molar-refractivity contribution in [3.05, 3.63) is 59.7 Å². The van der Waals surface area contributed by atoms with E-state index in [1.165, 1.54) is 0 Å². The van der Waals surface area contributed by atoms with Crippen molar-refractivity contribution in [3.8, 4) is 5.75 Å². The number of amides is 2. The summed E-state index contributed by atoms with van der Waals surface area (Å²) >= 11 is 0. The highest BCUT2D eigenvalue weighted by Gasteiger charge is 2.20. The molecule has 1 unspecified atom stereocenters. The van der Waals surface area contributed by atoms with Crippen LogP contribution in [-0.4, -0.2) is 35.9 Å². The van der Waals surface area contributed by atoms with Gasteiger partial charge in [0.25, 0.3) is 11.8 Å². The van der Waals surface area contributed by atoms with E-state index in [9.17, 15) is 9.59 Å². The molecule has 2 rings (SSSR count). The van der Waals surface area contributed by atoms with Crippen molar-refractivity contribution in [3.63, 3.8) is 0 Å². The number of anilines is 1. The van der Waals surface area contributed by atoms with E-state index in [2.05, 4.69) is 19.2 Å². The molecule has 1 atom stereocenters. The van der Waals surface area contributed by atoms with Crippen LogP contribution in [0.15, 0.2) is 48.5 Å². The van der Waals surface area contributed by atoms with Gasteiger partial charge in [-0.2, -0.15) is 0 Å². The lowest BCUT2D eigenvalue weighted by molar-refractivity contribution is -0.122. The molecule has 5 nitrogen and oxygen atoms in total. The third-order valence-electron chi connectivity index (χ3n) is 4.70. The van der Waals surface area contributed by atoms with Gasteiger partial charge in [0.05, 0.1) is 0 Å². The first-order valence-electron chi connectivity index (χ1n) is 10.4. The van der Waals surface area contributed by atoms with Gasteiger partial charge in [0.2, 0.25) is 0 Å². The third-order valence-corrected chi connectivity index (χ3v) is 4.70. The number of hydrogen-bond acceptors (Lipinski definition) is 3. The molecule has 0 radical (unpaired) electrons. The molecule has 156 valence electrons.